The second-order valence-electron chi connectivity index (χ2n) is 3.88. The Bertz CT molecular complexity index is 628. The Morgan fingerprint density at radius 2 is 2.19 bits per heavy atom. The molecule has 9 heteroatoms. The van der Waals surface area contributed by atoms with E-state index in [-0.39, 0.29) is 11.8 Å². The van der Waals surface area contributed by atoms with Crippen LogP contribution in [-0.4, -0.2) is 23.7 Å². The van der Waals surface area contributed by atoms with Crippen LogP contribution in [0.15, 0.2) is 29.8 Å². The summed E-state index contributed by atoms with van der Waals surface area (Å²) >= 11 is 3.54. The van der Waals surface area contributed by atoms with Crippen molar-refractivity contribution in [3.8, 4) is 5.88 Å². The highest BCUT2D eigenvalue weighted by Crippen LogP contribution is 2.20. The lowest BCUT2D eigenvalue weighted by Crippen LogP contribution is -2.19. The smallest absolute Gasteiger partial charge is 0.422 e. The lowest BCUT2D eigenvalue weighted by Gasteiger charge is -2.09. The Morgan fingerprint density at radius 3 is 2.71 bits per heavy atom. The molecule has 0 saturated heterocycles. The molecule has 4 nitrogen and oxygen atoms in total. The molecule has 0 radical (unpaired) electrons. The molecule has 1 amide bonds. The molecule has 2 heterocycles. The van der Waals surface area contributed by atoms with E-state index in [0.29, 0.717) is 11.3 Å². The van der Waals surface area contributed by atoms with Gasteiger partial charge in [0.15, 0.2) is 6.61 Å². The first-order chi connectivity index (χ1) is 9.83. The van der Waals surface area contributed by atoms with E-state index in [1.54, 1.807) is 11.4 Å². The summed E-state index contributed by atoms with van der Waals surface area (Å²) < 4.78 is 41.4. The third-order valence-electron chi connectivity index (χ3n) is 2.21. The number of anilines is 1. The highest BCUT2D eigenvalue weighted by atomic mass is 127. The number of hydrogen-bond donors (Lipinski definition) is 1. The van der Waals surface area contributed by atoms with Crippen molar-refractivity contribution < 1.29 is 22.7 Å². The van der Waals surface area contributed by atoms with Gasteiger partial charge in [-0.25, -0.2) is 4.98 Å². The van der Waals surface area contributed by atoms with Gasteiger partial charge in [-0.05, 0) is 34.7 Å². The monoisotopic (exact) mass is 428 g/mol. The van der Waals surface area contributed by atoms with Crippen molar-refractivity contribution in [2.75, 3.05) is 11.9 Å². The second kappa shape index (κ2) is 6.60. The van der Waals surface area contributed by atoms with Crippen LogP contribution < -0.4 is 10.1 Å². The summed E-state index contributed by atoms with van der Waals surface area (Å²) in [5.74, 6) is -0.463. The zero-order chi connectivity index (χ0) is 15.5. The number of hydrogen-bond acceptors (Lipinski definition) is 4. The molecule has 2 aromatic rings. The highest BCUT2D eigenvalue weighted by Gasteiger charge is 2.28. The summed E-state index contributed by atoms with van der Waals surface area (Å²) in [4.78, 5) is 15.6. The zero-order valence-electron chi connectivity index (χ0n) is 10.3. The molecule has 0 aliphatic rings. The van der Waals surface area contributed by atoms with E-state index in [1.807, 2.05) is 0 Å². The Balaban J connectivity index is 1.94. The van der Waals surface area contributed by atoms with Crippen molar-refractivity contribution in [1.29, 1.82) is 0 Å². The van der Waals surface area contributed by atoms with E-state index in [1.165, 1.54) is 29.7 Å². The quantitative estimate of drug-likeness (QED) is 0.751. The molecule has 0 aliphatic carbocycles. The molecule has 21 heavy (non-hydrogen) atoms. The fourth-order valence-corrected chi connectivity index (χ4v) is 2.65. The van der Waals surface area contributed by atoms with E-state index in [9.17, 15) is 18.0 Å². The zero-order valence-corrected chi connectivity index (χ0v) is 13.3. The van der Waals surface area contributed by atoms with Gasteiger partial charge in [0.05, 0.1) is 20.3 Å². The van der Waals surface area contributed by atoms with Crippen LogP contribution in [0.4, 0.5) is 18.9 Å². The molecule has 0 unspecified atom stereocenters. The Labute approximate surface area is 135 Å². The number of nitrogens with zero attached hydrogens (tertiary/aromatic N) is 1. The summed E-state index contributed by atoms with van der Waals surface area (Å²) in [6.07, 6.45) is -3.17. The number of amides is 1. The van der Waals surface area contributed by atoms with Gasteiger partial charge < -0.3 is 10.1 Å². The fraction of sp³-hybridized carbons (Fsp3) is 0.167. The Kier molecular flexibility index (Phi) is 5.04. The average molecular weight is 428 g/mol. The standard InChI is InChI=1S/C12H8F3IN2O2S/c13-12(14,15)6-20-10-2-1-8(4-17-10)18-11(19)7-3-9(16)21-5-7/h1-5H,6H2,(H,18,19). The van der Waals surface area contributed by atoms with E-state index >= 15 is 0 Å². The van der Waals surface area contributed by atoms with Gasteiger partial charge in [0.1, 0.15) is 0 Å². The van der Waals surface area contributed by atoms with Gasteiger partial charge >= 0.3 is 6.18 Å². The minimum Gasteiger partial charge on any atom is -0.468 e. The van der Waals surface area contributed by atoms with Gasteiger partial charge in [0.25, 0.3) is 5.91 Å². The van der Waals surface area contributed by atoms with Crippen LogP contribution in [0.5, 0.6) is 5.88 Å². The van der Waals surface area contributed by atoms with E-state index in [0.717, 1.165) is 2.88 Å². The maximum absolute atomic E-state index is 12.0. The summed E-state index contributed by atoms with van der Waals surface area (Å²) in [7, 11) is 0. The molecular formula is C12H8F3IN2O2S. The molecular weight excluding hydrogens is 420 g/mol. The number of carbonyl (C=O) groups is 1. The first-order valence-electron chi connectivity index (χ1n) is 5.54. The van der Waals surface area contributed by atoms with Crippen molar-refractivity contribution in [2.45, 2.75) is 6.18 Å². The number of carbonyl (C=O) groups excluding carboxylic acids is 1. The number of rotatable bonds is 4. The van der Waals surface area contributed by atoms with Gasteiger partial charge in [0.2, 0.25) is 5.88 Å². The molecule has 1 N–H and O–H groups in total. The average Bonchev–Trinajstić information content (AvgIpc) is 2.84. The largest absolute Gasteiger partial charge is 0.468 e. The molecule has 0 aromatic carbocycles. The highest BCUT2D eigenvalue weighted by molar-refractivity contribution is 14.1. The summed E-state index contributed by atoms with van der Waals surface area (Å²) in [5, 5.41) is 4.31. The predicted octanol–water partition coefficient (Wildman–Crippen LogP) is 3.94. The predicted molar refractivity (Wildman–Crippen MR) is 80.8 cm³/mol. The van der Waals surface area contributed by atoms with Crippen LogP contribution in [-0.2, 0) is 0 Å². The number of pyridine rings is 1. The molecule has 0 atom stereocenters. The molecule has 0 aliphatic heterocycles. The third-order valence-corrected chi connectivity index (χ3v) is 4.00. The molecule has 2 rings (SSSR count). The molecule has 0 saturated carbocycles. The van der Waals surface area contributed by atoms with Gasteiger partial charge in [0, 0.05) is 11.4 Å². The third kappa shape index (κ3) is 5.16. The molecule has 2 aromatic heterocycles. The van der Waals surface area contributed by atoms with E-state index < -0.39 is 12.8 Å². The van der Waals surface area contributed by atoms with Crippen LogP contribution in [0.3, 0.4) is 0 Å². The topological polar surface area (TPSA) is 51.2 Å². The first-order valence-corrected chi connectivity index (χ1v) is 7.50. The van der Waals surface area contributed by atoms with Crippen molar-refractivity contribution in [2.24, 2.45) is 0 Å². The number of alkyl halides is 3. The maximum Gasteiger partial charge on any atom is 0.422 e. The number of thiophene rings is 1. The minimum atomic E-state index is -4.41. The number of aromatic nitrogens is 1. The van der Waals surface area contributed by atoms with Gasteiger partial charge in [-0.15, -0.1) is 11.3 Å². The lowest BCUT2D eigenvalue weighted by molar-refractivity contribution is -0.154. The summed E-state index contributed by atoms with van der Waals surface area (Å²) in [6, 6.07) is 4.42. The molecule has 0 spiro atoms. The Hall–Kier alpha value is -1.36. The van der Waals surface area contributed by atoms with Crippen LogP contribution in [0.1, 0.15) is 10.4 Å². The van der Waals surface area contributed by atoms with Crippen LogP contribution in [0, 0.1) is 2.88 Å². The molecule has 112 valence electrons. The van der Waals surface area contributed by atoms with Crippen molar-refractivity contribution in [3.63, 3.8) is 0 Å². The summed E-state index contributed by atoms with van der Waals surface area (Å²) in [6.45, 7) is -1.40. The van der Waals surface area contributed by atoms with Crippen LogP contribution in [0.25, 0.3) is 0 Å². The molecule has 0 bridgehead atoms. The number of nitrogens with one attached hydrogen (secondary N) is 1. The number of ether oxygens (including phenoxy) is 1. The van der Waals surface area contributed by atoms with Crippen molar-refractivity contribution >= 4 is 45.5 Å². The van der Waals surface area contributed by atoms with Gasteiger partial charge in [-0.2, -0.15) is 13.2 Å². The minimum absolute atomic E-state index is 0.157. The maximum atomic E-state index is 12.0. The van der Waals surface area contributed by atoms with E-state index in [2.05, 4.69) is 37.6 Å². The second-order valence-corrected chi connectivity index (χ2v) is 6.69. The van der Waals surface area contributed by atoms with Crippen molar-refractivity contribution in [1.82, 2.24) is 4.98 Å². The molecule has 0 fully saturated rings. The lowest BCUT2D eigenvalue weighted by atomic mass is 10.3. The van der Waals surface area contributed by atoms with Gasteiger partial charge in [-0.1, -0.05) is 0 Å². The van der Waals surface area contributed by atoms with Crippen molar-refractivity contribution in [3.05, 3.63) is 38.2 Å². The van der Waals surface area contributed by atoms with Crippen LogP contribution >= 0.6 is 33.9 Å². The summed E-state index contributed by atoms with van der Waals surface area (Å²) in [5.41, 5.74) is 0.891. The SMILES string of the molecule is O=C(Nc1ccc(OCC(F)(F)F)nc1)c1csc(I)c1. The van der Waals surface area contributed by atoms with Crippen LogP contribution in [0.2, 0.25) is 0 Å². The first kappa shape index (κ1) is 16.0. The Morgan fingerprint density at radius 1 is 1.43 bits per heavy atom. The number of halogens is 4. The van der Waals surface area contributed by atoms with E-state index in [4.69, 9.17) is 0 Å². The van der Waals surface area contributed by atoms with Gasteiger partial charge in [-0.3, -0.25) is 4.79 Å². The fourth-order valence-electron chi connectivity index (χ4n) is 1.33. The normalized spacial score (nSPS) is 11.2.